The molecular formula is C17H18F2N2O4S. The number of ether oxygens (including phenoxy) is 1. The maximum absolute atomic E-state index is 14.0. The van der Waals surface area contributed by atoms with Crippen LogP contribution in [-0.4, -0.2) is 33.7 Å². The van der Waals surface area contributed by atoms with Crippen LogP contribution < -0.4 is 14.4 Å². The Hall–Kier alpha value is -2.68. The monoisotopic (exact) mass is 384 g/mol. The third kappa shape index (κ3) is 4.69. The summed E-state index contributed by atoms with van der Waals surface area (Å²) in [5, 5.41) is 2.49. The number of hydrogen-bond acceptors (Lipinski definition) is 4. The molecule has 0 fully saturated rings. The normalized spacial score (nSPS) is 11.1. The first-order valence-corrected chi connectivity index (χ1v) is 9.52. The van der Waals surface area contributed by atoms with Gasteiger partial charge in [-0.2, -0.15) is 0 Å². The van der Waals surface area contributed by atoms with Gasteiger partial charge in [0.1, 0.15) is 18.0 Å². The quantitative estimate of drug-likeness (QED) is 0.797. The average Bonchev–Trinajstić information content (AvgIpc) is 2.55. The van der Waals surface area contributed by atoms with E-state index in [2.05, 4.69) is 5.32 Å². The average molecular weight is 384 g/mol. The number of carbonyl (C=O) groups excluding carboxylic acids is 1. The summed E-state index contributed by atoms with van der Waals surface area (Å²) >= 11 is 0. The predicted molar refractivity (Wildman–Crippen MR) is 94.8 cm³/mol. The standard InChI is InChI=1S/C17H18F2N2O4S/c1-3-25-15-10-5-4-9-14(15)20-16(22)11-21(26(2,23)24)17-12(18)7-6-8-13(17)19/h4-10H,3,11H2,1-2H3,(H,20,22). The Balaban J connectivity index is 2.29. The van der Waals surface area contributed by atoms with Crippen molar-refractivity contribution in [2.24, 2.45) is 0 Å². The van der Waals surface area contributed by atoms with E-state index in [0.717, 1.165) is 24.5 Å². The molecule has 0 aliphatic rings. The number of nitrogens with one attached hydrogen (secondary N) is 1. The van der Waals surface area contributed by atoms with Crippen LogP contribution in [0.3, 0.4) is 0 Å². The Morgan fingerprint density at radius 2 is 1.73 bits per heavy atom. The van der Waals surface area contributed by atoms with Crippen LogP contribution in [0.25, 0.3) is 0 Å². The summed E-state index contributed by atoms with van der Waals surface area (Å²) in [6.07, 6.45) is 0.764. The zero-order chi connectivity index (χ0) is 19.3. The van der Waals surface area contributed by atoms with Gasteiger partial charge in [-0.3, -0.25) is 9.10 Å². The lowest BCUT2D eigenvalue weighted by molar-refractivity contribution is -0.114. The molecule has 2 rings (SSSR count). The van der Waals surface area contributed by atoms with Gasteiger partial charge in [-0.25, -0.2) is 17.2 Å². The fourth-order valence-electron chi connectivity index (χ4n) is 2.26. The molecule has 0 bridgehead atoms. The fourth-order valence-corrected chi connectivity index (χ4v) is 3.12. The van der Waals surface area contributed by atoms with E-state index in [4.69, 9.17) is 4.74 Å². The van der Waals surface area contributed by atoms with Crippen molar-refractivity contribution in [1.29, 1.82) is 0 Å². The zero-order valence-corrected chi connectivity index (χ0v) is 15.0. The Morgan fingerprint density at radius 1 is 1.12 bits per heavy atom. The van der Waals surface area contributed by atoms with Gasteiger partial charge in [-0.05, 0) is 31.2 Å². The van der Waals surface area contributed by atoms with Gasteiger partial charge in [0.15, 0.2) is 11.6 Å². The molecule has 0 aromatic heterocycles. The van der Waals surface area contributed by atoms with E-state index < -0.39 is 39.8 Å². The molecule has 0 radical (unpaired) electrons. The number of nitrogens with zero attached hydrogens (tertiary/aromatic N) is 1. The van der Waals surface area contributed by atoms with Crippen LogP contribution in [0.2, 0.25) is 0 Å². The number of sulfonamides is 1. The lowest BCUT2D eigenvalue weighted by atomic mass is 10.2. The summed E-state index contributed by atoms with van der Waals surface area (Å²) in [6.45, 7) is 1.34. The third-order valence-corrected chi connectivity index (χ3v) is 4.45. The van der Waals surface area contributed by atoms with E-state index in [-0.39, 0.29) is 0 Å². The van der Waals surface area contributed by atoms with Crippen LogP contribution in [-0.2, 0) is 14.8 Å². The second-order valence-electron chi connectivity index (χ2n) is 5.32. The first-order valence-electron chi connectivity index (χ1n) is 7.67. The lowest BCUT2D eigenvalue weighted by Crippen LogP contribution is -2.38. The highest BCUT2D eigenvalue weighted by Crippen LogP contribution is 2.26. The van der Waals surface area contributed by atoms with Crippen LogP contribution in [0, 0.1) is 11.6 Å². The Bertz CT molecular complexity index is 883. The van der Waals surface area contributed by atoms with Crippen LogP contribution in [0.1, 0.15) is 6.92 Å². The molecule has 0 spiro atoms. The van der Waals surface area contributed by atoms with E-state index in [1.165, 1.54) is 0 Å². The number of benzene rings is 2. The molecule has 0 atom stereocenters. The summed E-state index contributed by atoms with van der Waals surface area (Å²) in [4.78, 5) is 12.3. The van der Waals surface area contributed by atoms with Crippen molar-refractivity contribution in [2.45, 2.75) is 6.92 Å². The highest BCUT2D eigenvalue weighted by molar-refractivity contribution is 7.92. The molecule has 0 saturated heterocycles. The molecule has 6 nitrogen and oxygen atoms in total. The van der Waals surface area contributed by atoms with Crippen molar-refractivity contribution in [3.05, 3.63) is 54.1 Å². The molecule has 0 aliphatic heterocycles. The number of para-hydroxylation sites is 3. The van der Waals surface area contributed by atoms with Crippen LogP contribution >= 0.6 is 0 Å². The van der Waals surface area contributed by atoms with Gasteiger partial charge in [-0.15, -0.1) is 0 Å². The molecule has 1 amide bonds. The van der Waals surface area contributed by atoms with E-state index >= 15 is 0 Å². The largest absolute Gasteiger partial charge is 0.492 e. The summed E-state index contributed by atoms with van der Waals surface area (Å²) in [5.41, 5.74) is -0.481. The van der Waals surface area contributed by atoms with Crippen molar-refractivity contribution in [2.75, 3.05) is 29.0 Å². The number of amides is 1. The molecule has 2 aromatic rings. The summed E-state index contributed by atoms with van der Waals surface area (Å²) in [7, 11) is -4.11. The minimum absolute atomic E-state index is 0.321. The maximum atomic E-state index is 14.0. The van der Waals surface area contributed by atoms with Crippen LogP contribution in [0.4, 0.5) is 20.2 Å². The van der Waals surface area contributed by atoms with Gasteiger partial charge < -0.3 is 10.1 Å². The first-order chi connectivity index (χ1) is 12.2. The number of carbonyl (C=O) groups is 1. The highest BCUT2D eigenvalue weighted by Gasteiger charge is 2.27. The van der Waals surface area contributed by atoms with Crippen molar-refractivity contribution in [1.82, 2.24) is 0 Å². The minimum Gasteiger partial charge on any atom is -0.492 e. The maximum Gasteiger partial charge on any atom is 0.245 e. The second-order valence-corrected chi connectivity index (χ2v) is 7.22. The molecule has 0 saturated carbocycles. The van der Waals surface area contributed by atoms with E-state index in [1.807, 2.05) is 0 Å². The van der Waals surface area contributed by atoms with E-state index in [0.29, 0.717) is 22.3 Å². The Labute approximate surface area is 150 Å². The first kappa shape index (κ1) is 19.6. The summed E-state index contributed by atoms with van der Waals surface area (Å²) in [5.74, 6) is -2.55. The van der Waals surface area contributed by atoms with E-state index in [9.17, 15) is 22.0 Å². The SMILES string of the molecule is CCOc1ccccc1NC(=O)CN(c1c(F)cccc1F)S(C)(=O)=O. The smallest absolute Gasteiger partial charge is 0.245 e. The molecule has 26 heavy (non-hydrogen) atoms. The summed E-state index contributed by atoms with van der Waals surface area (Å²) < 4.78 is 57.7. The Morgan fingerprint density at radius 3 is 2.31 bits per heavy atom. The van der Waals surface area contributed by atoms with Gasteiger partial charge >= 0.3 is 0 Å². The van der Waals surface area contributed by atoms with Gasteiger partial charge in [0.2, 0.25) is 15.9 Å². The molecule has 0 unspecified atom stereocenters. The topological polar surface area (TPSA) is 75.7 Å². The molecule has 0 aliphatic carbocycles. The molecule has 2 aromatic carbocycles. The molecular weight excluding hydrogens is 366 g/mol. The van der Waals surface area contributed by atoms with Crippen LogP contribution in [0.15, 0.2) is 42.5 Å². The molecule has 1 N–H and O–H groups in total. The van der Waals surface area contributed by atoms with Gasteiger partial charge in [0, 0.05) is 0 Å². The van der Waals surface area contributed by atoms with Gasteiger partial charge in [0.05, 0.1) is 18.6 Å². The molecule has 9 heteroatoms. The van der Waals surface area contributed by atoms with Crippen molar-refractivity contribution in [3.63, 3.8) is 0 Å². The molecule has 140 valence electrons. The predicted octanol–water partition coefficient (Wildman–Crippen LogP) is 2.77. The second kappa shape index (κ2) is 8.13. The van der Waals surface area contributed by atoms with Crippen LogP contribution in [0.5, 0.6) is 5.75 Å². The third-order valence-electron chi connectivity index (χ3n) is 3.34. The highest BCUT2D eigenvalue weighted by atomic mass is 32.2. The lowest BCUT2D eigenvalue weighted by Gasteiger charge is -2.23. The number of hydrogen-bond donors (Lipinski definition) is 1. The molecule has 0 heterocycles. The van der Waals surface area contributed by atoms with Gasteiger partial charge in [0.25, 0.3) is 0 Å². The zero-order valence-electron chi connectivity index (χ0n) is 14.2. The van der Waals surface area contributed by atoms with Crippen molar-refractivity contribution < 1.29 is 26.7 Å². The number of rotatable bonds is 7. The van der Waals surface area contributed by atoms with Crippen molar-refractivity contribution in [3.8, 4) is 5.75 Å². The van der Waals surface area contributed by atoms with Crippen molar-refractivity contribution >= 4 is 27.3 Å². The fraction of sp³-hybridized carbons (Fsp3) is 0.235. The number of anilines is 2. The van der Waals surface area contributed by atoms with E-state index in [1.54, 1.807) is 31.2 Å². The number of halogens is 2. The minimum atomic E-state index is -4.11. The Kier molecular flexibility index (Phi) is 6.14. The van der Waals surface area contributed by atoms with Gasteiger partial charge in [-0.1, -0.05) is 18.2 Å². The summed E-state index contributed by atoms with van der Waals surface area (Å²) in [6, 6.07) is 9.49.